The van der Waals surface area contributed by atoms with E-state index in [0.717, 1.165) is 35.7 Å². The number of nitrogens with zero attached hydrogens (tertiary/aromatic N) is 2. The van der Waals surface area contributed by atoms with Crippen LogP contribution in [0.1, 0.15) is 48.0 Å². The van der Waals surface area contributed by atoms with Gasteiger partial charge >= 0.3 is 0 Å². The molecule has 2 atom stereocenters. The maximum atomic E-state index is 13.5. The van der Waals surface area contributed by atoms with Gasteiger partial charge in [-0.1, -0.05) is 55.0 Å². The highest BCUT2D eigenvalue weighted by Crippen LogP contribution is 2.39. The summed E-state index contributed by atoms with van der Waals surface area (Å²) in [7, 11) is 0. The average Bonchev–Trinajstić information content (AvgIpc) is 2.73. The number of Topliss-reactive ketones (excluding diaryl/α,β-unsaturated/α-hetero) is 1. The van der Waals surface area contributed by atoms with Crippen LogP contribution in [0.2, 0.25) is 0 Å². The molecule has 2 unspecified atom stereocenters. The topological polar surface area (TPSA) is 33.2 Å². The molecular weight excluding hydrogens is 344 g/mol. The molecule has 2 saturated heterocycles. The summed E-state index contributed by atoms with van der Waals surface area (Å²) in [5.74, 6) is 0.467. The van der Waals surface area contributed by atoms with Gasteiger partial charge in [-0.25, -0.2) is 0 Å². The van der Waals surface area contributed by atoms with Crippen LogP contribution in [0.25, 0.3) is 10.8 Å². The van der Waals surface area contributed by atoms with Crippen LogP contribution < -0.4 is 0 Å². The normalized spacial score (nSPS) is 24.9. The molecule has 142 valence electrons. The van der Waals surface area contributed by atoms with E-state index in [1.807, 2.05) is 30.5 Å². The smallest absolute Gasteiger partial charge is 0.166 e. The van der Waals surface area contributed by atoms with Crippen LogP contribution in [0.5, 0.6) is 0 Å². The predicted octanol–water partition coefficient (Wildman–Crippen LogP) is 5.25. The molecule has 0 N–H and O–H groups in total. The van der Waals surface area contributed by atoms with Crippen LogP contribution in [-0.4, -0.2) is 27.8 Å². The lowest BCUT2D eigenvalue weighted by atomic mass is 9.75. The van der Waals surface area contributed by atoms with Crippen LogP contribution in [-0.2, 0) is 6.54 Å². The predicted molar refractivity (Wildman–Crippen MR) is 112 cm³/mol. The van der Waals surface area contributed by atoms with E-state index in [2.05, 4.69) is 40.2 Å². The van der Waals surface area contributed by atoms with Crippen molar-refractivity contribution in [3.63, 3.8) is 0 Å². The number of ketones is 1. The summed E-state index contributed by atoms with van der Waals surface area (Å²) in [5.41, 5.74) is 2.25. The monoisotopic (exact) mass is 370 g/mol. The molecule has 3 aromatic rings. The van der Waals surface area contributed by atoms with E-state index in [9.17, 15) is 4.79 Å². The maximum absolute atomic E-state index is 13.5. The SMILES string of the molecule is O=C(c1cccc2cnccc12)C1CC2CCCC(C1)N2Cc1ccccc1. The van der Waals surface area contributed by atoms with Crippen LogP contribution >= 0.6 is 0 Å². The summed E-state index contributed by atoms with van der Waals surface area (Å²) in [6, 6.07) is 19.8. The minimum absolute atomic E-state index is 0.140. The lowest BCUT2D eigenvalue weighted by molar-refractivity contribution is 0.00911. The van der Waals surface area contributed by atoms with Gasteiger partial charge in [-0.2, -0.15) is 0 Å². The van der Waals surface area contributed by atoms with E-state index < -0.39 is 0 Å². The van der Waals surface area contributed by atoms with E-state index in [4.69, 9.17) is 0 Å². The first-order valence-electron chi connectivity index (χ1n) is 10.5. The van der Waals surface area contributed by atoms with Crippen molar-refractivity contribution < 1.29 is 4.79 Å². The third-order valence-electron chi connectivity index (χ3n) is 6.65. The van der Waals surface area contributed by atoms with E-state index in [0.29, 0.717) is 17.9 Å². The number of rotatable bonds is 4. The van der Waals surface area contributed by atoms with Crippen molar-refractivity contribution in [2.45, 2.75) is 50.7 Å². The zero-order valence-electron chi connectivity index (χ0n) is 16.1. The molecule has 3 heteroatoms. The molecular formula is C25H26N2O. The molecule has 2 bridgehead atoms. The van der Waals surface area contributed by atoms with Crippen molar-refractivity contribution in [1.29, 1.82) is 0 Å². The molecule has 2 aliphatic heterocycles. The Morgan fingerprint density at radius 3 is 2.54 bits per heavy atom. The van der Waals surface area contributed by atoms with E-state index in [-0.39, 0.29) is 5.92 Å². The lowest BCUT2D eigenvalue weighted by Gasteiger charge is -2.48. The Labute approximate surface area is 166 Å². The molecule has 28 heavy (non-hydrogen) atoms. The van der Waals surface area contributed by atoms with Gasteiger partial charge in [-0.3, -0.25) is 14.7 Å². The minimum atomic E-state index is 0.140. The Kier molecular flexibility index (Phi) is 4.69. The summed E-state index contributed by atoms with van der Waals surface area (Å²) < 4.78 is 0. The molecule has 0 radical (unpaired) electrons. The Hall–Kier alpha value is -2.52. The van der Waals surface area contributed by atoms with Crippen LogP contribution in [0.4, 0.5) is 0 Å². The zero-order valence-corrected chi connectivity index (χ0v) is 16.1. The highest BCUT2D eigenvalue weighted by atomic mass is 16.1. The van der Waals surface area contributed by atoms with Gasteiger partial charge in [0.2, 0.25) is 0 Å². The molecule has 2 aromatic carbocycles. The number of hydrogen-bond donors (Lipinski definition) is 0. The second kappa shape index (κ2) is 7.48. The molecule has 0 spiro atoms. The molecule has 0 saturated carbocycles. The molecule has 5 rings (SSSR count). The van der Waals surface area contributed by atoms with E-state index in [1.165, 1.54) is 24.8 Å². The Morgan fingerprint density at radius 1 is 0.964 bits per heavy atom. The van der Waals surface area contributed by atoms with Gasteiger partial charge in [-0.05, 0) is 42.7 Å². The summed E-state index contributed by atoms with van der Waals surface area (Å²) in [6.07, 6.45) is 9.34. The highest BCUT2D eigenvalue weighted by Gasteiger charge is 2.40. The van der Waals surface area contributed by atoms with Crippen molar-refractivity contribution in [2.24, 2.45) is 5.92 Å². The third-order valence-corrected chi connectivity index (χ3v) is 6.65. The summed E-state index contributed by atoms with van der Waals surface area (Å²) >= 11 is 0. The lowest BCUT2D eigenvalue weighted by Crippen LogP contribution is -2.52. The summed E-state index contributed by atoms with van der Waals surface area (Å²) in [5, 5.41) is 2.09. The molecule has 3 heterocycles. The Bertz CT molecular complexity index is 965. The Morgan fingerprint density at radius 2 is 1.75 bits per heavy atom. The number of piperidine rings is 2. The van der Waals surface area contributed by atoms with Crippen molar-refractivity contribution in [2.75, 3.05) is 0 Å². The standard InChI is InChI=1S/C25H26N2O/c28-25(24-11-4-8-19-16-26-13-12-23(19)24)20-14-21-9-5-10-22(15-20)27(21)17-18-6-2-1-3-7-18/h1-4,6-8,11-13,16,20-22H,5,9-10,14-15,17H2. The van der Waals surface area contributed by atoms with Crippen molar-refractivity contribution in [3.05, 3.63) is 78.1 Å². The first kappa shape index (κ1) is 17.6. The Balaban J connectivity index is 1.39. The van der Waals surface area contributed by atoms with Gasteiger partial charge in [0.15, 0.2) is 5.78 Å². The largest absolute Gasteiger partial charge is 0.294 e. The minimum Gasteiger partial charge on any atom is -0.294 e. The van der Waals surface area contributed by atoms with Gasteiger partial charge in [0.05, 0.1) is 0 Å². The first-order chi connectivity index (χ1) is 13.8. The fourth-order valence-corrected chi connectivity index (χ4v) is 5.30. The molecule has 0 aliphatic carbocycles. The number of carbonyl (C=O) groups is 1. The third kappa shape index (κ3) is 3.24. The number of benzene rings is 2. The fraction of sp³-hybridized carbons (Fsp3) is 0.360. The van der Waals surface area contributed by atoms with Crippen LogP contribution in [0.3, 0.4) is 0 Å². The number of carbonyl (C=O) groups excluding carboxylic acids is 1. The molecule has 0 amide bonds. The van der Waals surface area contributed by atoms with Crippen molar-refractivity contribution in [1.82, 2.24) is 9.88 Å². The molecule has 3 nitrogen and oxygen atoms in total. The number of pyridine rings is 1. The quantitative estimate of drug-likeness (QED) is 0.588. The van der Waals surface area contributed by atoms with Crippen LogP contribution in [0, 0.1) is 5.92 Å². The van der Waals surface area contributed by atoms with Gasteiger partial charge in [0, 0.05) is 47.9 Å². The molecule has 1 aromatic heterocycles. The van der Waals surface area contributed by atoms with Crippen molar-refractivity contribution >= 4 is 16.6 Å². The zero-order chi connectivity index (χ0) is 18.9. The second-order valence-electron chi connectivity index (χ2n) is 8.33. The summed E-state index contributed by atoms with van der Waals surface area (Å²) in [6.45, 7) is 1.01. The fourth-order valence-electron chi connectivity index (χ4n) is 5.30. The second-order valence-corrected chi connectivity index (χ2v) is 8.33. The van der Waals surface area contributed by atoms with E-state index in [1.54, 1.807) is 6.20 Å². The van der Waals surface area contributed by atoms with Gasteiger partial charge in [0.1, 0.15) is 0 Å². The maximum Gasteiger partial charge on any atom is 0.166 e. The number of hydrogen-bond acceptors (Lipinski definition) is 3. The summed E-state index contributed by atoms with van der Waals surface area (Å²) in [4.78, 5) is 20.4. The van der Waals surface area contributed by atoms with E-state index >= 15 is 0 Å². The number of aromatic nitrogens is 1. The van der Waals surface area contributed by atoms with Gasteiger partial charge in [0.25, 0.3) is 0 Å². The van der Waals surface area contributed by atoms with Gasteiger partial charge < -0.3 is 0 Å². The highest BCUT2D eigenvalue weighted by molar-refractivity contribution is 6.09. The van der Waals surface area contributed by atoms with Crippen molar-refractivity contribution in [3.8, 4) is 0 Å². The molecule has 2 aliphatic rings. The van der Waals surface area contributed by atoms with Crippen LogP contribution in [0.15, 0.2) is 67.0 Å². The number of fused-ring (bicyclic) bond motifs is 3. The molecule has 2 fully saturated rings. The average molecular weight is 370 g/mol. The van der Waals surface area contributed by atoms with Gasteiger partial charge in [-0.15, -0.1) is 0 Å². The first-order valence-corrected chi connectivity index (χ1v) is 10.5.